The van der Waals surface area contributed by atoms with Gasteiger partial charge in [0.05, 0.1) is 40.5 Å². The molecule has 2 heterocycles. The molecule has 4 aromatic rings. The van der Waals surface area contributed by atoms with E-state index in [4.69, 9.17) is 0 Å². The van der Waals surface area contributed by atoms with Crippen molar-refractivity contribution in [2.45, 2.75) is 50.7 Å². The number of aromatic nitrogens is 4. The minimum atomic E-state index is -4.62. The van der Waals surface area contributed by atoms with E-state index in [0.29, 0.717) is 29.9 Å². The van der Waals surface area contributed by atoms with Crippen LogP contribution in [0.4, 0.5) is 13.2 Å². The summed E-state index contributed by atoms with van der Waals surface area (Å²) in [4.78, 5) is 29.9. The number of amides is 1. The lowest BCUT2D eigenvalue weighted by atomic mass is 9.95. The summed E-state index contributed by atoms with van der Waals surface area (Å²) in [5.74, 6) is -0.585. The highest BCUT2D eigenvalue weighted by molar-refractivity contribution is 6.00. The highest BCUT2D eigenvalue weighted by atomic mass is 19.4. The van der Waals surface area contributed by atoms with E-state index in [1.807, 2.05) is 19.0 Å². The van der Waals surface area contributed by atoms with Gasteiger partial charge in [0.1, 0.15) is 11.3 Å². The van der Waals surface area contributed by atoms with E-state index < -0.39 is 23.2 Å². The van der Waals surface area contributed by atoms with E-state index in [9.17, 15) is 28.0 Å². The number of nitrogens with one attached hydrogen (secondary N) is 1. The van der Waals surface area contributed by atoms with Crippen LogP contribution < -0.4 is 10.9 Å². The quantitative estimate of drug-likeness (QED) is 0.302. The molecule has 2 aromatic heterocycles. The Morgan fingerprint density at radius 3 is 2.55 bits per heavy atom. The van der Waals surface area contributed by atoms with Gasteiger partial charge in [0.2, 0.25) is 0 Å². The zero-order chi connectivity index (χ0) is 31.6. The fourth-order valence-electron chi connectivity index (χ4n) is 5.79. The van der Waals surface area contributed by atoms with Crippen molar-refractivity contribution in [1.29, 1.82) is 5.26 Å². The van der Waals surface area contributed by atoms with Crippen LogP contribution in [-0.4, -0.2) is 56.6 Å². The number of carbonyl (C=O) groups excluding carboxylic acids is 1. The highest BCUT2D eigenvalue weighted by Gasteiger charge is 2.33. The molecule has 1 amide bonds. The molecule has 1 N–H and O–H groups in total. The average molecular weight is 606 g/mol. The molecule has 0 bridgehead atoms. The first kappa shape index (κ1) is 30.8. The molecule has 12 heteroatoms. The summed E-state index contributed by atoms with van der Waals surface area (Å²) >= 11 is 0. The smallest absolute Gasteiger partial charge is 0.349 e. The first-order chi connectivity index (χ1) is 21.0. The molecular weight excluding hydrogens is 571 g/mol. The lowest BCUT2D eigenvalue weighted by molar-refractivity contribution is -0.137. The molecule has 1 aliphatic rings. The number of likely N-dealkylation sites (N-methyl/N-ethyl adjacent to an activating group) is 1. The largest absolute Gasteiger partial charge is 0.416 e. The van der Waals surface area contributed by atoms with E-state index in [1.165, 1.54) is 30.1 Å². The number of benzene rings is 2. The molecule has 0 atom stereocenters. The van der Waals surface area contributed by atoms with Gasteiger partial charge in [0.15, 0.2) is 0 Å². The highest BCUT2D eigenvalue weighted by Crippen LogP contribution is 2.32. The van der Waals surface area contributed by atoms with Crippen molar-refractivity contribution in [2.75, 3.05) is 20.6 Å². The SMILES string of the molecule is CN(C)CCc1cc(C#N)ccc1-n1nccc1-c1c(C(=O)NC2CCCCC2)c(=O)n(-c2cccc(C(F)(F)F)c2)n1C. The zero-order valence-corrected chi connectivity index (χ0v) is 24.9. The van der Waals surface area contributed by atoms with Crippen molar-refractivity contribution >= 4 is 5.91 Å². The molecule has 5 rings (SSSR count). The molecular formula is C32H34F3N7O2. The summed E-state index contributed by atoms with van der Waals surface area (Å²) in [6, 6.07) is 13.4. The van der Waals surface area contributed by atoms with Crippen LogP contribution in [0.3, 0.4) is 0 Å². The topological polar surface area (TPSA) is 101 Å². The maximum absolute atomic E-state index is 14.1. The third-order valence-corrected chi connectivity index (χ3v) is 8.00. The van der Waals surface area contributed by atoms with Crippen molar-refractivity contribution in [2.24, 2.45) is 7.05 Å². The van der Waals surface area contributed by atoms with E-state index in [0.717, 1.165) is 54.5 Å². The van der Waals surface area contributed by atoms with Gasteiger partial charge < -0.3 is 10.2 Å². The van der Waals surface area contributed by atoms with Crippen LogP contribution >= 0.6 is 0 Å². The molecule has 230 valence electrons. The molecule has 0 saturated heterocycles. The van der Waals surface area contributed by atoms with Crippen LogP contribution in [0.15, 0.2) is 59.5 Å². The van der Waals surface area contributed by atoms with Crippen LogP contribution in [-0.2, 0) is 19.6 Å². The summed E-state index contributed by atoms with van der Waals surface area (Å²) in [7, 11) is 5.42. The zero-order valence-electron chi connectivity index (χ0n) is 24.9. The van der Waals surface area contributed by atoms with Crippen molar-refractivity contribution in [3.05, 3.63) is 87.3 Å². The minimum Gasteiger partial charge on any atom is -0.349 e. The Morgan fingerprint density at radius 2 is 1.86 bits per heavy atom. The first-order valence-corrected chi connectivity index (χ1v) is 14.5. The van der Waals surface area contributed by atoms with Crippen LogP contribution in [0.5, 0.6) is 0 Å². The van der Waals surface area contributed by atoms with Crippen molar-refractivity contribution < 1.29 is 18.0 Å². The standard InChI is InChI=1S/C32H34F3N7O2/c1-39(2)17-15-22-18-21(20-36)12-13-26(22)41-27(14-16-37-41)29-28(30(43)38-24-9-5-4-6-10-24)31(44)42(40(29)3)25-11-7-8-23(19-25)32(33,34)35/h7-8,11-14,16,18-19,24H,4-6,9-10,15,17H2,1-3H3,(H,38,43). The van der Waals surface area contributed by atoms with Gasteiger partial charge in [-0.1, -0.05) is 25.3 Å². The summed E-state index contributed by atoms with van der Waals surface area (Å²) < 4.78 is 45.0. The second kappa shape index (κ2) is 12.5. The van der Waals surface area contributed by atoms with Gasteiger partial charge in [-0.3, -0.25) is 14.3 Å². The van der Waals surface area contributed by atoms with Gasteiger partial charge in [0, 0.05) is 19.6 Å². The Hall–Kier alpha value is -4.63. The maximum atomic E-state index is 14.1. The molecule has 9 nitrogen and oxygen atoms in total. The molecule has 0 radical (unpaired) electrons. The number of alkyl halides is 3. The summed E-state index contributed by atoms with van der Waals surface area (Å²) in [6.07, 6.45) is 2.08. The Kier molecular flexibility index (Phi) is 8.78. The van der Waals surface area contributed by atoms with Crippen LogP contribution in [0.1, 0.15) is 59.2 Å². The number of rotatable bonds is 8. The molecule has 1 aliphatic carbocycles. The van der Waals surface area contributed by atoms with Crippen molar-refractivity contribution in [3.8, 4) is 28.8 Å². The van der Waals surface area contributed by atoms with E-state index in [1.54, 1.807) is 28.9 Å². The number of nitriles is 1. The molecule has 0 spiro atoms. The lowest BCUT2D eigenvalue weighted by Crippen LogP contribution is -2.38. The van der Waals surface area contributed by atoms with E-state index in [2.05, 4.69) is 16.5 Å². The third kappa shape index (κ3) is 6.19. The van der Waals surface area contributed by atoms with Gasteiger partial charge in [-0.2, -0.15) is 23.5 Å². The van der Waals surface area contributed by atoms with Gasteiger partial charge in [-0.25, -0.2) is 9.36 Å². The molecule has 1 saturated carbocycles. The van der Waals surface area contributed by atoms with Gasteiger partial charge in [0.25, 0.3) is 11.5 Å². The Bertz CT molecular complexity index is 1770. The summed E-state index contributed by atoms with van der Waals surface area (Å²) in [5.41, 5.74) is 0.721. The van der Waals surface area contributed by atoms with Crippen molar-refractivity contribution in [3.63, 3.8) is 0 Å². The van der Waals surface area contributed by atoms with Gasteiger partial charge in [-0.05, 0) is 81.4 Å². The normalized spacial score (nSPS) is 14.1. The lowest BCUT2D eigenvalue weighted by Gasteiger charge is -2.22. The van der Waals surface area contributed by atoms with Gasteiger partial charge >= 0.3 is 6.18 Å². The Morgan fingerprint density at radius 1 is 1.11 bits per heavy atom. The second-order valence-corrected chi connectivity index (χ2v) is 11.4. The van der Waals surface area contributed by atoms with Crippen LogP contribution in [0, 0.1) is 11.3 Å². The first-order valence-electron chi connectivity index (χ1n) is 14.5. The number of hydrogen-bond acceptors (Lipinski definition) is 5. The molecule has 0 aliphatic heterocycles. The number of hydrogen-bond donors (Lipinski definition) is 1. The second-order valence-electron chi connectivity index (χ2n) is 11.4. The Balaban J connectivity index is 1.71. The minimum absolute atomic E-state index is 0.0265. The number of halogens is 3. The van der Waals surface area contributed by atoms with E-state index in [-0.39, 0.29) is 23.0 Å². The Labute approximate surface area is 253 Å². The third-order valence-electron chi connectivity index (χ3n) is 8.00. The predicted molar refractivity (Wildman–Crippen MR) is 160 cm³/mol. The van der Waals surface area contributed by atoms with Crippen LogP contribution in [0.2, 0.25) is 0 Å². The number of carbonyl (C=O) groups is 1. The molecule has 44 heavy (non-hydrogen) atoms. The maximum Gasteiger partial charge on any atom is 0.416 e. The summed E-state index contributed by atoms with van der Waals surface area (Å²) in [5, 5.41) is 17.1. The monoisotopic (exact) mass is 605 g/mol. The fourth-order valence-corrected chi connectivity index (χ4v) is 5.79. The molecule has 0 unspecified atom stereocenters. The molecule has 2 aromatic carbocycles. The average Bonchev–Trinajstić information content (AvgIpc) is 3.57. The predicted octanol–water partition coefficient (Wildman–Crippen LogP) is 5.09. The fraction of sp³-hybridized carbons (Fsp3) is 0.375. The van der Waals surface area contributed by atoms with Crippen molar-refractivity contribution in [1.82, 2.24) is 29.4 Å². The van der Waals surface area contributed by atoms with Crippen LogP contribution in [0.25, 0.3) is 22.8 Å². The summed E-state index contributed by atoms with van der Waals surface area (Å²) in [6.45, 7) is 0.692. The van der Waals surface area contributed by atoms with E-state index >= 15 is 0 Å². The molecule has 1 fully saturated rings. The number of nitrogens with zero attached hydrogens (tertiary/aromatic N) is 6. The van der Waals surface area contributed by atoms with Gasteiger partial charge in [-0.15, -0.1) is 0 Å².